The summed E-state index contributed by atoms with van der Waals surface area (Å²) < 4.78 is 0. The topological polar surface area (TPSA) is 66.9 Å². The first-order valence-corrected chi connectivity index (χ1v) is 8.73. The number of rotatable bonds is 4. The van der Waals surface area contributed by atoms with E-state index in [0.717, 1.165) is 23.4 Å². The molecule has 26 heavy (non-hydrogen) atoms. The van der Waals surface area contributed by atoms with Crippen LogP contribution >= 0.6 is 0 Å². The first-order chi connectivity index (χ1) is 12.8. The minimum atomic E-state index is -0.0823. The van der Waals surface area contributed by atoms with Crippen LogP contribution < -0.4 is 10.6 Å². The molecule has 2 N–H and O–H groups in total. The second-order valence-corrected chi connectivity index (χ2v) is 6.48. The van der Waals surface area contributed by atoms with Crippen molar-refractivity contribution in [3.63, 3.8) is 0 Å². The standard InChI is InChI=1S/C21H20N4O/c26-21(20-13-22-12-19(20)15-5-2-1-3-6-15)25-18-8-4-7-16(9-18)17-10-23-14-24-11-17/h1-11,14,19-20,22H,12-13H2,(H,25,26)/t19-,20+/m1/s1. The maximum Gasteiger partial charge on any atom is 0.229 e. The first-order valence-electron chi connectivity index (χ1n) is 8.73. The Bertz CT molecular complexity index is 883. The largest absolute Gasteiger partial charge is 0.326 e. The van der Waals surface area contributed by atoms with Crippen LogP contribution in [-0.4, -0.2) is 29.0 Å². The third kappa shape index (κ3) is 3.48. The SMILES string of the molecule is O=C(Nc1cccc(-c2cncnc2)c1)[C@H]1CNC[C@@H]1c1ccccc1. The van der Waals surface area contributed by atoms with Crippen molar-refractivity contribution in [3.8, 4) is 11.1 Å². The number of carbonyl (C=O) groups is 1. The molecule has 1 aliphatic rings. The molecular formula is C21H20N4O. The lowest BCUT2D eigenvalue weighted by Gasteiger charge is -2.19. The van der Waals surface area contributed by atoms with E-state index >= 15 is 0 Å². The predicted molar refractivity (Wildman–Crippen MR) is 102 cm³/mol. The Morgan fingerprint density at radius 3 is 2.58 bits per heavy atom. The van der Waals surface area contributed by atoms with Crippen LogP contribution in [0.15, 0.2) is 73.3 Å². The van der Waals surface area contributed by atoms with Crippen molar-refractivity contribution in [1.29, 1.82) is 0 Å². The van der Waals surface area contributed by atoms with Crippen molar-refractivity contribution >= 4 is 11.6 Å². The first kappa shape index (κ1) is 16.4. The van der Waals surface area contributed by atoms with Crippen molar-refractivity contribution in [2.24, 2.45) is 5.92 Å². The fraction of sp³-hybridized carbons (Fsp3) is 0.190. The average molecular weight is 344 g/mol. The maximum absolute atomic E-state index is 12.9. The van der Waals surface area contributed by atoms with Crippen LogP contribution in [0, 0.1) is 5.92 Å². The van der Waals surface area contributed by atoms with E-state index in [0.29, 0.717) is 6.54 Å². The highest BCUT2D eigenvalue weighted by atomic mass is 16.1. The Hall–Kier alpha value is -3.05. The molecule has 2 heterocycles. The zero-order chi connectivity index (χ0) is 17.8. The molecule has 2 atom stereocenters. The Morgan fingerprint density at radius 1 is 0.962 bits per heavy atom. The van der Waals surface area contributed by atoms with Crippen LogP contribution in [0.3, 0.4) is 0 Å². The van der Waals surface area contributed by atoms with Crippen molar-refractivity contribution in [2.75, 3.05) is 18.4 Å². The molecule has 1 amide bonds. The summed E-state index contributed by atoms with van der Waals surface area (Å²) in [5.41, 5.74) is 3.89. The van der Waals surface area contributed by atoms with E-state index in [1.54, 1.807) is 12.4 Å². The minimum absolute atomic E-state index is 0.0466. The molecular weight excluding hydrogens is 324 g/mol. The highest BCUT2D eigenvalue weighted by Gasteiger charge is 2.33. The van der Waals surface area contributed by atoms with Gasteiger partial charge >= 0.3 is 0 Å². The smallest absolute Gasteiger partial charge is 0.229 e. The average Bonchev–Trinajstić information content (AvgIpc) is 3.20. The lowest BCUT2D eigenvalue weighted by molar-refractivity contribution is -0.119. The Balaban J connectivity index is 1.51. The van der Waals surface area contributed by atoms with Gasteiger partial charge in [-0.25, -0.2) is 9.97 Å². The second kappa shape index (κ2) is 7.45. The van der Waals surface area contributed by atoms with Gasteiger partial charge in [-0.05, 0) is 23.3 Å². The van der Waals surface area contributed by atoms with Gasteiger partial charge in [-0.15, -0.1) is 0 Å². The van der Waals surface area contributed by atoms with Gasteiger partial charge in [-0.1, -0.05) is 42.5 Å². The summed E-state index contributed by atoms with van der Waals surface area (Å²) in [4.78, 5) is 21.0. The summed E-state index contributed by atoms with van der Waals surface area (Å²) in [6.07, 6.45) is 5.03. The summed E-state index contributed by atoms with van der Waals surface area (Å²) in [7, 11) is 0. The van der Waals surface area contributed by atoms with E-state index in [1.165, 1.54) is 11.9 Å². The van der Waals surface area contributed by atoms with Crippen LogP contribution in [0.2, 0.25) is 0 Å². The monoisotopic (exact) mass is 344 g/mol. The Labute approximate surface area is 152 Å². The Morgan fingerprint density at radius 2 is 1.77 bits per heavy atom. The summed E-state index contributed by atoms with van der Waals surface area (Å²) >= 11 is 0. The lowest BCUT2D eigenvalue weighted by Crippen LogP contribution is -2.28. The van der Waals surface area contributed by atoms with Gasteiger partial charge in [0.15, 0.2) is 0 Å². The fourth-order valence-corrected chi connectivity index (χ4v) is 3.46. The molecule has 0 aliphatic carbocycles. The quantitative estimate of drug-likeness (QED) is 0.763. The number of carbonyl (C=O) groups excluding carboxylic acids is 1. The van der Waals surface area contributed by atoms with Gasteiger partial charge in [0, 0.05) is 42.7 Å². The molecule has 1 aliphatic heterocycles. The lowest BCUT2D eigenvalue weighted by atomic mass is 9.88. The van der Waals surface area contributed by atoms with Crippen LogP contribution in [0.5, 0.6) is 0 Å². The number of aromatic nitrogens is 2. The highest BCUT2D eigenvalue weighted by Crippen LogP contribution is 2.29. The molecule has 2 aromatic carbocycles. The molecule has 1 saturated heterocycles. The van der Waals surface area contributed by atoms with Crippen LogP contribution in [0.25, 0.3) is 11.1 Å². The van der Waals surface area contributed by atoms with Crippen LogP contribution in [0.4, 0.5) is 5.69 Å². The number of amides is 1. The number of hydrogen-bond donors (Lipinski definition) is 2. The molecule has 0 unspecified atom stereocenters. The van der Waals surface area contributed by atoms with Gasteiger partial charge in [0.25, 0.3) is 0 Å². The summed E-state index contributed by atoms with van der Waals surface area (Å²) in [5, 5.41) is 6.42. The fourth-order valence-electron chi connectivity index (χ4n) is 3.46. The van der Waals surface area contributed by atoms with E-state index in [1.807, 2.05) is 42.5 Å². The van der Waals surface area contributed by atoms with Crippen LogP contribution in [0.1, 0.15) is 11.5 Å². The number of anilines is 1. The highest BCUT2D eigenvalue weighted by molar-refractivity contribution is 5.94. The molecule has 130 valence electrons. The summed E-state index contributed by atoms with van der Waals surface area (Å²) in [5.74, 6) is 0.160. The Kier molecular flexibility index (Phi) is 4.71. The van der Waals surface area contributed by atoms with E-state index in [2.05, 4.69) is 32.7 Å². The molecule has 3 aromatic rings. The molecule has 1 aromatic heterocycles. The number of nitrogens with one attached hydrogen (secondary N) is 2. The van der Waals surface area contributed by atoms with E-state index < -0.39 is 0 Å². The predicted octanol–water partition coefficient (Wildman–Crippen LogP) is 3.09. The molecule has 5 nitrogen and oxygen atoms in total. The van der Waals surface area contributed by atoms with Crippen LogP contribution in [-0.2, 0) is 4.79 Å². The summed E-state index contributed by atoms with van der Waals surface area (Å²) in [6, 6.07) is 18.0. The van der Waals surface area contributed by atoms with Crippen molar-refractivity contribution < 1.29 is 4.79 Å². The molecule has 0 spiro atoms. The molecule has 5 heteroatoms. The molecule has 4 rings (SSSR count). The van der Waals surface area contributed by atoms with E-state index in [4.69, 9.17) is 0 Å². The van der Waals surface area contributed by atoms with Gasteiger partial charge < -0.3 is 10.6 Å². The van der Waals surface area contributed by atoms with Gasteiger partial charge in [0.2, 0.25) is 5.91 Å². The van der Waals surface area contributed by atoms with E-state index in [9.17, 15) is 4.79 Å². The summed E-state index contributed by atoms with van der Waals surface area (Å²) in [6.45, 7) is 1.51. The molecule has 0 radical (unpaired) electrons. The van der Waals surface area contributed by atoms with Crippen molar-refractivity contribution in [2.45, 2.75) is 5.92 Å². The van der Waals surface area contributed by atoms with E-state index in [-0.39, 0.29) is 17.7 Å². The molecule has 0 saturated carbocycles. The molecule has 1 fully saturated rings. The van der Waals surface area contributed by atoms with Gasteiger partial charge in [-0.2, -0.15) is 0 Å². The van der Waals surface area contributed by atoms with Gasteiger partial charge in [0.05, 0.1) is 5.92 Å². The zero-order valence-electron chi connectivity index (χ0n) is 14.3. The normalized spacial score (nSPS) is 19.2. The number of hydrogen-bond acceptors (Lipinski definition) is 4. The third-order valence-electron chi connectivity index (χ3n) is 4.80. The maximum atomic E-state index is 12.9. The second-order valence-electron chi connectivity index (χ2n) is 6.48. The zero-order valence-corrected chi connectivity index (χ0v) is 14.3. The van der Waals surface area contributed by atoms with Crippen molar-refractivity contribution in [3.05, 3.63) is 78.9 Å². The van der Waals surface area contributed by atoms with Gasteiger partial charge in [-0.3, -0.25) is 4.79 Å². The van der Waals surface area contributed by atoms with Crippen molar-refractivity contribution in [1.82, 2.24) is 15.3 Å². The minimum Gasteiger partial charge on any atom is -0.326 e. The van der Waals surface area contributed by atoms with Gasteiger partial charge in [0.1, 0.15) is 6.33 Å². The number of nitrogens with zero attached hydrogens (tertiary/aromatic N) is 2. The number of benzene rings is 2. The molecule has 0 bridgehead atoms. The third-order valence-corrected chi connectivity index (χ3v) is 4.80.